The van der Waals surface area contributed by atoms with Gasteiger partial charge in [0.25, 0.3) is 0 Å². The van der Waals surface area contributed by atoms with Gasteiger partial charge in [-0.05, 0) is 18.8 Å². The molecule has 1 amide bonds. The first kappa shape index (κ1) is 9.04. The van der Waals surface area contributed by atoms with Crippen LogP contribution in [-0.4, -0.2) is 12.5 Å². The summed E-state index contributed by atoms with van der Waals surface area (Å²) < 4.78 is 0. The number of carbonyl (C=O) groups is 1. The zero-order valence-electron chi connectivity index (χ0n) is 7.42. The lowest BCUT2D eigenvalue weighted by atomic mass is 9.97. The standard InChI is InChI=1S/C10H15NO/c1-9(12)11-8-7-10-5-3-2-4-6-10/h2-5,10H,6-8H2,1H3,(H,11,12). The first-order chi connectivity index (χ1) is 5.79. The van der Waals surface area contributed by atoms with Gasteiger partial charge in [-0.1, -0.05) is 24.3 Å². The summed E-state index contributed by atoms with van der Waals surface area (Å²) in [6.45, 7) is 2.34. The lowest BCUT2D eigenvalue weighted by molar-refractivity contribution is -0.118. The van der Waals surface area contributed by atoms with E-state index < -0.39 is 0 Å². The average Bonchev–Trinajstić information content (AvgIpc) is 2.05. The first-order valence-corrected chi connectivity index (χ1v) is 4.37. The Hall–Kier alpha value is -1.05. The highest BCUT2D eigenvalue weighted by atomic mass is 16.1. The van der Waals surface area contributed by atoms with Gasteiger partial charge in [0.1, 0.15) is 0 Å². The highest BCUT2D eigenvalue weighted by Gasteiger charge is 2.04. The SMILES string of the molecule is CC(=O)NCCC1C=CC=CC1. The maximum absolute atomic E-state index is 10.5. The third kappa shape index (κ3) is 3.37. The zero-order valence-corrected chi connectivity index (χ0v) is 7.42. The molecule has 1 aliphatic carbocycles. The van der Waals surface area contributed by atoms with E-state index in [-0.39, 0.29) is 5.91 Å². The number of allylic oxidation sites excluding steroid dienone is 4. The van der Waals surface area contributed by atoms with Gasteiger partial charge in [0, 0.05) is 13.5 Å². The van der Waals surface area contributed by atoms with Crippen LogP contribution in [0.2, 0.25) is 0 Å². The normalized spacial score (nSPS) is 20.9. The quantitative estimate of drug-likeness (QED) is 0.676. The zero-order chi connectivity index (χ0) is 8.81. The van der Waals surface area contributed by atoms with Crippen LogP contribution in [0.1, 0.15) is 19.8 Å². The van der Waals surface area contributed by atoms with Crippen molar-refractivity contribution in [2.24, 2.45) is 5.92 Å². The van der Waals surface area contributed by atoms with Crippen molar-refractivity contribution in [3.8, 4) is 0 Å². The fourth-order valence-corrected chi connectivity index (χ4v) is 1.28. The van der Waals surface area contributed by atoms with Gasteiger partial charge in [0.15, 0.2) is 0 Å². The highest BCUT2D eigenvalue weighted by molar-refractivity contribution is 5.72. The molecule has 0 aromatic carbocycles. The number of hydrogen-bond acceptors (Lipinski definition) is 1. The Morgan fingerprint density at radius 3 is 3.00 bits per heavy atom. The second-order valence-corrected chi connectivity index (χ2v) is 3.08. The van der Waals surface area contributed by atoms with Crippen LogP contribution in [0, 0.1) is 5.92 Å². The lowest BCUT2D eigenvalue weighted by Crippen LogP contribution is -2.22. The summed E-state index contributed by atoms with van der Waals surface area (Å²) in [5.74, 6) is 0.673. The Morgan fingerprint density at radius 2 is 2.42 bits per heavy atom. The molecule has 0 spiro atoms. The van der Waals surface area contributed by atoms with Crippen molar-refractivity contribution in [3.63, 3.8) is 0 Å². The first-order valence-electron chi connectivity index (χ1n) is 4.37. The van der Waals surface area contributed by atoms with E-state index in [2.05, 4.69) is 29.6 Å². The van der Waals surface area contributed by atoms with Crippen LogP contribution in [0.15, 0.2) is 24.3 Å². The minimum absolute atomic E-state index is 0.0605. The molecule has 0 aromatic heterocycles. The lowest BCUT2D eigenvalue weighted by Gasteiger charge is -2.12. The van der Waals surface area contributed by atoms with Crippen LogP contribution in [0.25, 0.3) is 0 Å². The Kier molecular flexibility index (Phi) is 3.58. The van der Waals surface area contributed by atoms with Gasteiger partial charge in [0.2, 0.25) is 5.91 Å². The summed E-state index contributed by atoms with van der Waals surface area (Å²) in [6, 6.07) is 0. The predicted octanol–water partition coefficient (Wildman–Crippen LogP) is 1.64. The van der Waals surface area contributed by atoms with Crippen LogP contribution in [0.4, 0.5) is 0 Å². The van der Waals surface area contributed by atoms with Crippen LogP contribution in [0.5, 0.6) is 0 Å². The maximum atomic E-state index is 10.5. The minimum atomic E-state index is 0.0605. The van der Waals surface area contributed by atoms with E-state index in [1.807, 2.05) is 0 Å². The molecule has 0 aliphatic heterocycles. The highest BCUT2D eigenvalue weighted by Crippen LogP contribution is 2.14. The number of amides is 1. The Morgan fingerprint density at radius 1 is 1.58 bits per heavy atom. The van der Waals surface area contributed by atoms with E-state index in [0.717, 1.165) is 19.4 Å². The molecular weight excluding hydrogens is 150 g/mol. The molecule has 0 radical (unpaired) electrons. The number of carbonyl (C=O) groups excluding carboxylic acids is 1. The van der Waals surface area contributed by atoms with E-state index in [1.54, 1.807) is 6.92 Å². The molecule has 2 nitrogen and oxygen atoms in total. The molecule has 12 heavy (non-hydrogen) atoms. The van der Waals surface area contributed by atoms with Crippen LogP contribution >= 0.6 is 0 Å². The maximum Gasteiger partial charge on any atom is 0.216 e. The van der Waals surface area contributed by atoms with Gasteiger partial charge in [-0.25, -0.2) is 0 Å². The van der Waals surface area contributed by atoms with Crippen molar-refractivity contribution in [2.45, 2.75) is 19.8 Å². The second-order valence-electron chi connectivity index (χ2n) is 3.08. The van der Waals surface area contributed by atoms with E-state index in [1.165, 1.54) is 0 Å². The van der Waals surface area contributed by atoms with Crippen molar-refractivity contribution in [1.29, 1.82) is 0 Å². The van der Waals surface area contributed by atoms with E-state index >= 15 is 0 Å². The average molecular weight is 165 g/mol. The van der Waals surface area contributed by atoms with E-state index in [9.17, 15) is 4.79 Å². The van der Waals surface area contributed by atoms with Crippen LogP contribution < -0.4 is 5.32 Å². The molecule has 0 heterocycles. The molecule has 0 bridgehead atoms. The molecule has 2 heteroatoms. The van der Waals surface area contributed by atoms with Crippen molar-refractivity contribution < 1.29 is 4.79 Å². The molecule has 1 rings (SSSR count). The van der Waals surface area contributed by atoms with Crippen molar-refractivity contribution in [1.82, 2.24) is 5.32 Å². The summed E-state index contributed by atoms with van der Waals surface area (Å²) in [5.41, 5.74) is 0. The monoisotopic (exact) mass is 165 g/mol. The van der Waals surface area contributed by atoms with Gasteiger partial charge in [-0.15, -0.1) is 0 Å². The summed E-state index contributed by atoms with van der Waals surface area (Å²) >= 11 is 0. The second kappa shape index (κ2) is 4.75. The van der Waals surface area contributed by atoms with Crippen LogP contribution in [-0.2, 0) is 4.79 Å². The Labute approximate surface area is 73.4 Å². The molecule has 0 aromatic rings. The summed E-state index contributed by atoms with van der Waals surface area (Å²) in [4.78, 5) is 10.5. The molecule has 0 fully saturated rings. The van der Waals surface area contributed by atoms with Crippen molar-refractivity contribution >= 4 is 5.91 Å². The fourth-order valence-electron chi connectivity index (χ4n) is 1.28. The molecule has 66 valence electrons. The van der Waals surface area contributed by atoms with Gasteiger partial charge < -0.3 is 5.32 Å². The van der Waals surface area contributed by atoms with E-state index in [0.29, 0.717) is 5.92 Å². The Bertz CT molecular complexity index is 206. The number of nitrogens with one attached hydrogen (secondary N) is 1. The topological polar surface area (TPSA) is 29.1 Å². The largest absolute Gasteiger partial charge is 0.356 e. The van der Waals surface area contributed by atoms with Gasteiger partial charge in [0.05, 0.1) is 0 Å². The Balaban J connectivity index is 2.11. The smallest absolute Gasteiger partial charge is 0.216 e. The number of rotatable bonds is 3. The minimum Gasteiger partial charge on any atom is -0.356 e. The van der Waals surface area contributed by atoms with Gasteiger partial charge >= 0.3 is 0 Å². The summed E-state index contributed by atoms with van der Waals surface area (Å²) in [7, 11) is 0. The van der Waals surface area contributed by atoms with Gasteiger partial charge in [-0.3, -0.25) is 4.79 Å². The summed E-state index contributed by atoms with van der Waals surface area (Å²) in [6.07, 6.45) is 10.6. The van der Waals surface area contributed by atoms with Gasteiger partial charge in [-0.2, -0.15) is 0 Å². The molecule has 1 atom stereocenters. The third-order valence-electron chi connectivity index (χ3n) is 1.96. The third-order valence-corrected chi connectivity index (χ3v) is 1.96. The van der Waals surface area contributed by atoms with E-state index in [4.69, 9.17) is 0 Å². The molecule has 1 N–H and O–H groups in total. The molecular formula is C10H15NO. The fraction of sp³-hybridized carbons (Fsp3) is 0.500. The van der Waals surface area contributed by atoms with Crippen LogP contribution in [0.3, 0.4) is 0 Å². The van der Waals surface area contributed by atoms with Crippen molar-refractivity contribution in [2.75, 3.05) is 6.54 Å². The molecule has 0 saturated carbocycles. The molecule has 1 unspecified atom stereocenters. The summed E-state index contributed by atoms with van der Waals surface area (Å²) in [5, 5.41) is 2.80. The number of hydrogen-bond donors (Lipinski definition) is 1. The van der Waals surface area contributed by atoms with Crippen molar-refractivity contribution in [3.05, 3.63) is 24.3 Å². The molecule has 0 saturated heterocycles. The predicted molar refractivity (Wildman–Crippen MR) is 49.7 cm³/mol. The molecule has 1 aliphatic rings.